The fourth-order valence-corrected chi connectivity index (χ4v) is 4.71. The summed E-state index contributed by atoms with van der Waals surface area (Å²) in [7, 11) is -0.363. The minimum Gasteiger partial charge on any atom is -0.399 e. The molecular formula is C22H34BN3O3. The molecule has 1 aromatic rings. The standard InChI is InChI=1S/C22H34BN3O3/c1-17(27)25-12-8-22(9-13-25)10-14-26(15-11-22)19-7-6-18(16-24-19)23-28-20(2,3)21(4,5)29-23/h6-7,16H,8-15H2,1-5H3. The third-order valence-electron chi connectivity index (χ3n) is 7.71. The summed E-state index contributed by atoms with van der Waals surface area (Å²) in [5.74, 6) is 1.24. The Bertz CT molecular complexity index is 731. The van der Waals surface area contributed by atoms with E-state index in [0.29, 0.717) is 5.41 Å². The van der Waals surface area contributed by atoms with Gasteiger partial charge in [-0.05, 0) is 64.9 Å². The summed E-state index contributed by atoms with van der Waals surface area (Å²) >= 11 is 0. The van der Waals surface area contributed by atoms with Crippen molar-refractivity contribution in [3.63, 3.8) is 0 Å². The SMILES string of the molecule is CC(=O)N1CCC2(CC1)CCN(c1ccc(B3OC(C)(C)C(C)(C)O3)cn1)CC2. The lowest BCUT2D eigenvalue weighted by Crippen LogP contribution is -2.48. The third-order valence-corrected chi connectivity index (χ3v) is 7.71. The minimum absolute atomic E-state index is 0.212. The molecule has 0 aromatic carbocycles. The number of rotatable bonds is 2. The van der Waals surface area contributed by atoms with Crippen LogP contribution in [0.2, 0.25) is 0 Å². The lowest BCUT2D eigenvalue weighted by molar-refractivity contribution is -0.131. The number of piperidine rings is 2. The van der Waals surface area contributed by atoms with Gasteiger partial charge < -0.3 is 19.1 Å². The zero-order valence-corrected chi connectivity index (χ0v) is 18.5. The van der Waals surface area contributed by atoms with Crippen molar-refractivity contribution in [2.45, 2.75) is 71.5 Å². The molecule has 6 nitrogen and oxygen atoms in total. The van der Waals surface area contributed by atoms with Crippen molar-refractivity contribution >= 4 is 24.3 Å². The minimum atomic E-state index is -0.363. The molecule has 3 aliphatic heterocycles. The highest BCUT2D eigenvalue weighted by molar-refractivity contribution is 6.62. The van der Waals surface area contributed by atoms with Gasteiger partial charge in [0.05, 0.1) is 11.2 Å². The van der Waals surface area contributed by atoms with Crippen molar-refractivity contribution < 1.29 is 14.1 Å². The van der Waals surface area contributed by atoms with Gasteiger partial charge in [0, 0.05) is 44.8 Å². The average Bonchev–Trinajstić information content (AvgIpc) is 2.90. The van der Waals surface area contributed by atoms with E-state index in [-0.39, 0.29) is 24.2 Å². The number of hydrogen-bond donors (Lipinski definition) is 0. The van der Waals surface area contributed by atoms with Crippen LogP contribution in [0.4, 0.5) is 5.82 Å². The molecule has 1 aromatic heterocycles. The molecule has 1 amide bonds. The molecule has 4 rings (SSSR count). The monoisotopic (exact) mass is 399 g/mol. The van der Waals surface area contributed by atoms with Crippen molar-refractivity contribution in [3.05, 3.63) is 18.3 Å². The molecule has 0 atom stereocenters. The first kappa shape index (κ1) is 20.7. The number of likely N-dealkylation sites (tertiary alicyclic amines) is 1. The Labute approximate surface area is 175 Å². The first-order chi connectivity index (χ1) is 13.6. The van der Waals surface area contributed by atoms with Crippen LogP contribution in [-0.2, 0) is 14.1 Å². The van der Waals surface area contributed by atoms with E-state index in [1.807, 2.05) is 11.1 Å². The summed E-state index contributed by atoms with van der Waals surface area (Å²) in [6, 6.07) is 4.18. The normalized spacial score (nSPS) is 25.5. The van der Waals surface area contributed by atoms with E-state index < -0.39 is 0 Å². The van der Waals surface area contributed by atoms with E-state index in [0.717, 1.165) is 50.3 Å². The smallest absolute Gasteiger partial charge is 0.399 e. The van der Waals surface area contributed by atoms with Gasteiger partial charge in [0.25, 0.3) is 0 Å². The van der Waals surface area contributed by atoms with E-state index in [4.69, 9.17) is 14.3 Å². The molecule has 3 fully saturated rings. The second-order valence-electron chi connectivity index (χ2n) is 10.0. The Kier molecular flexibility index (Phi) is 5.18. The van der Waals surface area contributed by atoms with E-state index in [1.54, 1.807) is 6.92 Å². The predicted molar refractivity (Wildman–Crippen MR) is 115 cm³/mol. The average molecular weight is 399 g/mol. The summed E-state index contributed by atoms with van der Waals surface area (Å²) in [6.45, 7) is 13.8. The molecule has 4 heterocycles. The second-order valence-corrected chi connectivity index (χ2v) is 10.0. The maximum absolute atomic E-state index is 11.6. The molecule has 29 heavy (non-hydrogen) atoms. The number of aromatic nitrogens is 1. The highest BCUT2D eigenvalue weighted by atomic mass is 16.7. The molecule has 3 aliphatic rings. The fourth-order valence-electron chi connectivity index (χ4n) is 4.71. The first-order valence-corrected chi connectivity index (χ1v) is 10.9. The van der Waals surface area contributed by atoms with Crippen molar-refractivity contribution in [2.75, 3.05) is 31.1 Å². The number of hydrogen-bond acceptors (Lipinski definition) is 5. The number of pyridine rings is 1. The molecule has 0 aliphatic carbocycles. The van der Waals surface area contributed by atoms with Crippen LogP contribution in [0.15, 0.2) is 18.3 Å². The van der Waals surface area contributed by atoms with Gasteiger partial charge in [-0.25, -0.2) is 4.98 Å². The molecule has 0 N–H and O–H groups in total. The summed E-state index contributed by atoms with van der Waals surface area (Å²) in [4.78, 5) is 20.7. The molecule has 0 unspecified atom stereocenters. The molecule has 7 heteroatoms. The van der Waals surface area contributed by atoms with Crippen LogP contribution in [0.3, 0.4) is 0 Å². The van der Waals surface area contributed by atoms with E-state index in [1.165, 1.54) is 12.8 Å². The topological polar surface area (TPSA) is 54.9 Å². The third kappa shape index (κ3) is 3.91. The fraction of sp³-hybridized carbons (Fsp3) is 0.727. The van der Waals surface area contributed by atoms with Gasteiger partial charge in [-0.3, -0.25) is 4.79 Å². The van der Waals surface area contributed by atoms with Crippen LogP contribution in [-0.4, -0.2) is 60.3 Å². The zero-order chi connectivity index (χ0) is 20.9. The van der Waals surface area contributed by atoms with E-state index in [9.17, 15) is 4.79 Å². The molecule has 1 spiro atoms. The van der Waals surface area contributed by atoms with Gasteiger partial charge in [0.1, 0.15) is 5.82 Å². The van der Waals surface area contributed by atoms with Gasteiger partial charge in [0.15, 0.2) is 0 Å². The van der Waals surface area contributed by atoms with Crippen LogP contribution in [0.5, 0.6) is 0 Å². The largest absolute Gasteiger partial charge is 0.496 e. The van der Waals surface area contributed by atoms with Gasteiger partial charge in [-0.1, -0.05) is 6.07 Å². The molecular weight excluding hydrogens is 365 g/mol. The van der Waals surface area contributed by atoms with Crippen LogP contribution in [0.1, 0.15) is 60.3 Å². The number of anilines is 1. The lowest BCUT2D eigenvalue weighted by Gasteiger charge is -2.47. The quantitative estimate of drug-likeness (QED) is 0.716. The van der Waals surface area contributed by atoms with Crippen molar-refractivity contribution in [3.8, 4) is 0 Å². The Balaban J connectivity index is 1.35. The highest BCUT2D eigenvalue weighted by Gasteiger charge is 2.51. The molecule has 0 bridgehead atoms. The molecule has 158 valence electrons. The van der Waals surface area contributed by atoms with Crippen LogP contribution in [0.25, 0.3) is 0 Å². The van der Waals surface area contributed by atoms with Gasteiger partial charge in [-0.2, -0.15) is 0 Å². The van der Waals surface area contributed by atoms with Gasteiger partial charge in [0.2, 0.25) is 5.91 Å². The maximum atomic E-state index is 11.6. The number of carbonyl (C=O) groups excluding carboxylic acids is 1. The van der Waals surface area contributed by atoms with Crippen LogP contribution in [0, 0.1) is 5.41 Å². The zero-order valence-electron chi connectivity index (χ0n) is 18.5. The lowest BCUT2D eigenvalue weighted by atomic mass is 9.71. The van der Waals surface area contributed by atoms with Gasteiger partial charge >= 0.3 is 7.12 Å². The summed E-state index contributed by atoms with van der Waals surface area (Å²) in [6.07, 6.45) is 6.52. The number of carbonyl (C=O) groups is 1. The van der Waals surface area contributed by atoms with Gasteiger partial charge in [-0.15, -0.1) is 0 Å². The number of nitrogens with zero attached hydrogens (tertiary/aromatic N) is 3. The Morgan fingerprint density at radius 1 is 0.966 bits per heavy atom. The Morgan fingerprint density at radius 3 is 2.00 bits per heavy atom. The summed E-state index contributed by atoms with van der Waals surface area (Å²) in [5.41, 5.74) is 0.702. The van der Waals surface area contributed by atoms with Crippen LogP contribution >= 0.6 is 0 Å². The van der Waals surface area contributed by atoms with Crippen molar-refractivity contribution in [1.82, 2.24) is 9.88 Å². The summed E-state index contributed by atoms with van der Waals surface area (Å²) < 4.78 is 12.3. The van der Waals surface area contributed by atoms with Crippen molar-refractivity contribution in [2.24, 2.45) is 5.41 Å². The van der Waals surface area contributed by atoms with E-state index >= 15 is 0 Å². The maximum Gasteiger partial charge on any atom is 0.496 e. The molecule has 0 radical (unpaired) electrons. The Hall–Kier alpha value is -1.60. The van der Waals surface area contributed by atoms with Crippen molar-refractivity contribution in [1.29, 1.82) is 0 Å². The molecule has 0 saturated carbocycles. The molecule has 3 saturated heterocycles. The van der Waals surface area contributed by atoms with E-state index in [2.05, 4.69) is 44.7 Å². The predicted octanol–water partition coefficient (Wildman–Crippen LogP) is 2.61. The highest BCUT2D eigenvalue weighted by Crippen LogP contribution is 2.42. The Morgan fingerprint density at radius 2 is 1.52 bits per heavy atom. The second kappa shape index (κ2) is 7.27. The number of amides is 1. The first-order valence-electron chi connectivity index (χ1n) is 10.9. The summed E-state index contributed by atoms with van der Waals surface area (Å²) in [5, 5.41) is 0. The van der Waals surface area contributed by atoms with Crippen LogP contribution < -0.4 is 10.4 Å².